The average molecular weight is 249 g/mol. The van der Waals surface area contributed by atoms with Crippen molar-refractivity contribution in [3.05, 3.63) is 31.2 Å². The summed E-state index contributed by atoms with van der Waals surface area (Å²) >= 11 is 0. The lowest BCUT2D eigenvalue weighted by atomic mass is 10.1. The molecule has 0 amide bonds. The maximum absolute atomic E-state index is 3.85. The van der Waals surface area contributed by atoms with E-state index in [-0.39, 0.29) is 0 Å². The number of hydrogen-bond donors (Lipinski definition) is 0. The van der Waals surface area contributed by atoms with Gasteiger partial charge in [0.25, 0.3) is 0 Å². The second-order valence-corrected chi connectivity index (χ2v) is 5.09. The van der Waals surface area contributed by atoms with Gasteiger partial charge >= 0.3 is 0 Å². The Balaban J connectivity index is 3.00. The van der Waals surface area contributed by atoms with Crippen molar-refractivity contribution in [1.29, 1.82) is 0 Å². The van der Waals surface area contributed by atoms with E-state index in [0.717, 1.165) is 6.42 Å². The van der Waals surface area contributed by atoms with E-state index < -0.39 is 0 Å². The highest BCUT2D eigenvalue weighted by Gasteiger charge is 1.90. The second kappa shape index (κ2) is 16.5. The maximum Gasteiger partial charge on any atom is -0.0351 e. The van der Waals surface area contributed by atoms with E-state index in [1.54, 1.807) is 0 Å². The summed E-state index contributed by atoms with van der Waals surface area (Å²) in [5.74, 6) is 0. The van der Waals surface area contributed by atoms with E-state index in [1.165, 1.54) is 70.6 Å². The Labute approximate surface area is 116 Å². The van der Waals surface area contributed by atoms with Crippen molar-refractivity contribution in [2.45, 2.75) is 84.0 Å². The highest BCUT2D eigenvalue weighted by molar-refractivity contribution is 4.81. The van der Waals surface area contributed by atoms with Crippen molar-refractivity contribution >= 4 is 0 Å². The number of rotatable bonds is 13. The normalized spacial score (nSPS) is 11.9. The topological polar surface area (TPSA) is 0 Å². The third-order valence-corrected chi connectivity index (χ3v) is 3.26. The molecular weight excluding hydrogens is 216 g/mol. The van der Waals surface area contributed by atoms with Crippen molar-refractivity contribution in [3.8, 4) is 0 Å². The fourth-order valence-electron chi connectivity index (χ4n) is 2.07. The smallest absolute Gasteiger partial charge is 0.0351 e. The molecule has 105 valence electrons. The molecule has 0 nitrogen and oxygen atoms in total. The molecule has 0 bridgehead atoms. The lowest BCUT2D eigenvalue weighted by Gasteiger charge is -2.00. The first-order chi connectivity index (χ1) is 8.91. The van der Waals surface area contributed by atoms with Gasteiger partial charge in [-0.2, -0.15) is 0 Å². The van der Waals surface area contributed by atoms with E-state index in [4.69, 9.17) is 0 Å². The van der Waals surface area contributed by atoms with Crippen LogP contribution in [0.2, 0.25) is 0 Å². The molecule has 0 saturated carbocycles. The van der Waals surface area contributed by atoms with Crippen LogP contribution in [0.25, 0.3) is 0 Å². The van der Waals surface area contributed by atoms with Crippen LogP contribution < -0.4 is 0 Å². The Kier molecular flexibility index (Phi) is 16.0. The van der Waals surface area contributed by atoms with E-state index in [0.29, 0.717) is 0 Å². The monoisotopic (exact) mass is 249 g/mol. The summed E-state index contributed by atoms with van der Waals surface area (Å²) < 4.78 is 0. The standard InChI is InChI=1S/C18H33/c1-3-5-7-9-11-13-15-17-18-16-14-12-10-8-6-4-2/h4,6,9,11H,1,3,5,7-8,10,12-18H2,2H3. The van der Waals surface area contributed by atoms with Gasteiger partial charge in [-0.3, -0.25) is 0 Å². The number of unbranched alkanes of at least 4 members (excludes halogenated alkanes) is 10. The molecule has 1 radical (unpaired) electrons. The minimum absolute atomic E-state index is 1.07. The molecule has 0 aliphatic carbocycles. The van der Waals surface area contributed by atoms with Crippen molar-refractivity contribution in [1.82, 2.24) is 0 Å². The molecule has 0 aliphatic rings. The van der Waals surface area contributed by atoms with Crippen LogP contribution in [0, 0.1) is 6.92 Å². The van der Waals surface area contributed by atoms with Gasteiger partial charge in [-0.15, -0.1) is 0 Å². The zero-order chi connectivity index (χ0) is 13.3. The van der Waals surface area contributed by atoms with Gasteiger partial charge in [-0.1, -0.05) is 69.8 Å². The predicted molar refractivity (Wildman–Crippen MR) is 84.7 cm³/mol. The number of allylic oxidation sites excluding steroid dienone is 4. The molecule has 0 rings (SSSR count). The van der Waals surface area contributed by atoms with Crippen LogP contribution in [-0.2, 0) is 0 Å². The van der Waals surface area contributed by atoms with Crippen LogP contribution in [0.4, 0.5) is 0 Å². The summed E-state index contributed by atoms with van der Waals surface area (Å²) in [6.07, 6.45) is 25.0. The Hall–Kier alpha value is -0.520. The molecule has 0 atom stereocenters. The Morgan fingerprint density at radius 2 is 1.06 bits per heavy atom. The molecule has 0 fully saturated rings. The Morgan fingerprint density at radius 1 is 0.611 bits per heavy atom. The van der Waals surface area contributed by atoms with Gasteiger partial charge in [0.2, 0.25) is 0 Å². The zero-order valence-corrected chi connectivity index (χ0v) is 12.5. The fraction of sp³-hybridized carbons (Fsp3) is 0.722. The summed E-state index contributed by atoms with van der Waals surface area (Å²) in [4.78, 5) is 0. The van der Waals surface area contributed by atoms with E-state index in [1.807, 2.05) is 0 Å². The van der Waals surface area contributed by atoms with Crippen LogP contribution in [0.5, 0.6) is 0 Å². The largest absolute Gasteiger partial charge is 0.0917 e. The summed E-state index contributed by atoms with van der Waals surface area (Å²) in [5, 5.41) is 0. The van der Waals surface area contributed by atoms with Gasteiger partial charge in [0.05, 0.1) is 0 Å². The van der Waals surface area contributed by atoms with Crippen molar-refractivity contribution < 1.29 is 0 Å². The van der Waals surface area contributed by atoms with Crippen LogP contribution in [0.15, 0.2) is 24.3 Å². The third-order valence-electron chi connectivity index (χ3n) is 3.26. The first-order valence-corrected chi connectivity index (χ1v) is 7.97. The van der Waals surface area contributed by atoms with E-state index in [2.05, 4.69) is 38.2 Å². The fourth-order valence-corrected chi connectivity index (χ4v) is 2.07. The molecule has 0 aromatic heterocycles. The SMILES string of the molecule is [CH2]CCCC=CCCCCCCCCCC=CC. The molecule has 0 aromatic rings. The Morgan fingerprint density at radius 3 is 1.56 bits per heavy atom. The predicted octanol–water partition coefficient (Wildman–Crippen LogP) is 6.63. The zero-order valence-electron chi connectivity index (χ0n) is 12.5. The molecular formula is C18H33. The van der Waals surface area contributed by atoms with Crippen molar-refractivity contribution in [3.63, 3.8) is 0 Å². The molecule has 0 heteroatoms. The first kappa shape index (κ1) is 17.5. The van der Waals surface area contributed by atoms with Crippen LogP contribution in [-0.4, -0.2) is 0 Å². The summed E-state index contributed by atoms with van der Waals surface area (Å²) in [6, 6.07) is 0. The minimum atomic E-state index is 1.07. The molecule has 0 aliphatic heterocycles. The Bertz CT molecular complexity index is 188. The lowest BCUT2D eigenvalue weighted by Crippen LogP contribution is -1.80. The third kappa shape index (κ3) is 15.5. The molecule has 0 saturated heterocycles. The van der Waals surface area contributed by atoms with Crippen molar-refractivity contribution in [2.75, 3.05) is 0 Å². The van der Waals surface area contributed by atoms with Crippen LogP contribution >= 0.6 is 0 Å². The summed E-state index contributed by atoms with van der Waals surface area (Å²) in [7, 11) is 0. The quantitative estimate of drug-likeness (QED) is 0.254. The van der Waals surface area contributed by atoms with Gasteiger partial charge in [0.15, 0.2) is 0 Å². The highest BCUT2D eigenvalue weighted by atomic mass is 14.0. The van der Waals surface area contributed by atoms with Crippen LogP contribution in [0.3, 0.4) is 0 Å². The maximum atomic E-state index is 3.85. The van der Waals surface area contributed by atoms with Gasteiger partial charge in [-0.25, -0.2) is 0 Å². The molecule has 0 N–H and O–H groups in total. The van der Waals surface area contributed by atoms with Crippen LogP contribution in [0.1, 0.15) is 84.0 Å². The molecule has 0 aromatic carbocycles. The highest BCUT2D eigenvalue weighted by Crippen LogP contribution is 2.10. The van der Waals surface area contributed by atoms with Gasteiger partial charge in [0.1, 0.15) is 0 Å². The van der Waals surface area contributed by atoms with E-state index >= 15 is 0 Å². The minimum Gasteiger partial charge on any atom is -0.0917 e. The lowest BCUT2D eigenvalue weighted by molar-refractivity contribution is 0.583. The van der Waals surface area contributed by atoms with E-state index in [9.17, 15) is 0 Å². The van der Waals surface area contributed by atoms with Crippen molar-refractivity contribution in [2.24, 2.45) is 0 Å². The first-order valence-electron chi connectivity index (χ1n) is 7.97. The molecule has 0 heterocycles. The molecule has 0 unspecified atom stereocenters. The second-order valence-electron chi connectivity index (χ2n) is 5.09. The van der Waals surface area contributed by atoms with Gasteiger partial charge in [-0.05, 0) is 45.4 Å². The number of hydrogen-bond acceptors (Lipinski definition) is 0. The summed E-state index contributed by atoms with van der Waals surface area (Å²) in [5.41, 5.74) is 0. The average Bonchev–Trinajstić information content (AvgIpc) is 2.39. The summed E-state index contributed by atoms with van der Waals surface area (Å²) in [6.45, 7) is 5.95. The van der Waals surface area contributed by atoms with Gasteiger partial charge in [0, 0.05) is 0 Å². The van der Waals surface area contributed by atoms with Gasteiger partial charge < -0.3 is 0 Å². The molecule has 18 heavy (non-hydrogen) atoms. The molecule has 0 spiro atoms.